The Hall–Kier alpha value is 0.130. The highest BCUT2D eigenvalue weighted by Gasteiger charge is 2.19. The van der Waals surface area contributed by atoms with E-state index in [-0.39, 0.29) is 6.04 Å². The topological polar surface area (TPSA) is 12.0 Å². The zero-order valence-electron chi connectivity index (χ0n) is 11.7. The third-order valence-electron chi connectivity index (χ3n) is 3.27. The summed E-state index contributed by atoms with van der Waals surface area (Å²) in [5.74, 6) is 0. The van der Waals surface area contributed by atoms with Crippen molar-refractivity contribution in [3.63, 3.8) is 0 Å². The van der Waals surface area contributed by atoms with E-state index in [1.54, 1.807) is 0 Å². The highest BCUT2D eigenvalue weighted by molar-refractivity contribution is 9.11. The lowest BCUT2D eigenvalue weighted by molar-refractivity contribution is 0.626. The van der Waals surface area contributed by atoms with Crippen molar-refractivity contribution in [2.45, 2.75) is 19.9 Å². The van der Waals surface area contributed by atoms with Gasteiger partial charge in [-0.1, -0.05) is 72.4 Å². The van der Waals surface area contributed by atoms with Crippen molar-refractivity contribution in [1.29, 1.82) is 0 Å². The minimum Gasteiger partial charge on any atom is -0.306 e. The van der Waals surface area contributed by atoms with Crippen LogP contribution in [0.25, 0.3) is 0 Å². The second-order valence-corrected chi connectivity index (χ2v) is 7.78. The van der Waals surface area contributed by atoms with Crippen LogP contribution in [0.2, 0.25) is 5.02 Å². The summed E-state index contributed by atoms with van der Waals surface area (Å²) in [4.78, 5) is 0. The van der Waals surface area contributed by atoms with E-state index in [0.29, 0.717) is 0 Å². The van der Waals surface area contributed by atoms with Gasteiger partial charge >= 0.3 is 0 Å². The van der Waals surface area contributed by atoms with Crippen LogP contribution in [0.15, 0.2) is 43.7 Å². The van der Waals surface area contributed by atoms with Gasteiger partial charge in [0.15, 0.2) is 0 Å². The maximum Gasteiger partial charge on any atom is 0.0599 e. The van der Waals surface area contributed by atoms with E-state index in [1.807, 2.05) is 12.1 Å². The predicted molar refractivity (Wildman–Crippen MR) is 101 cm³/mol. The predicted octanol–water partition coefficient (Wildman–Crippen LogP) is 6.63. The van der Waals surface area contributed by atoms with Crippen molar-refractivity contribution in [2.75, 3.05) is 6.54 Å². The molecule has 1 unspecified atom stereocenters. The molecule has 21 heavy (non-hydrogen) atoms. The zero-order chi connectivity index (χ0) is 15.6. The molecule has 0 aromatic heterocycles. The van der Waals surface area contributed by atoms with Crippen LogP contribution in [0.1, 0.15) is 29.7 Å². The summed E-state index contributed by atoms with van der Waals surface area (Å²) >= 11 is 17.0. The zero-order valence-corrected chi connectivity index (χ0v) is 17.2. The molecule has 2 rings (SSSR count). The standard InChI is InChI=1S/C16H15Br3ClN/c1-3-21-16(11-5-4-10(20)7-15(11)19)12-8-13(17)9(2)6-14(12)18/h4-8,16,21H,3H2,1-2H3. The first kappa shape index (κ1) is 17.5. The Morgan fingerprint density at radius 1 is 1.00 bits per heavy atom. The highest BCUT2D eigenvalue weighted by Crippen LogP contribution is 2.36. The number of aryl methyl sites for hydroxylation is 1. The van der Waals surface area contributed by atoms with Crippen molar-refractivity contribution in [1.82, 2.24) is 5.32 Å². The second-order valence-electron chi connectivity index (χ2n) is 4.78. The minimum atomic E-state index is 0.0907. The quantitative estimate of drug-likeness (QED) is 0.501. The van der Waals surface area contributed by atoms with Crippen molar-refractivity contribution < 1.29 is 0 Å². The third kappa shape index (κ3) is 4.11. The van der Waals surface area contributed by atoms with Crippen LogP contribution in [-0.4, -0.2) is 6.54 Å². The van der Waals surface area contributed by atoms with E-state index in [0.717, 1.165) is 30.5 Å². The van der Waals surface area contributed by atoms with E-state index in [9.17, 15) is 0 Å². The Morgan fingerprint density at radius 2 is 1.67 bits per heavy atom. The van der Waals surface area contributed by atoms with Crippen LogP contribution in [-0.2, 0) is 0 Å². The summed E-state index contributed by atoms with van der Waals surface area (Å²) in [6.45, 7) is 5.06. The first-order valence-electron chi connectivity index (χ1n) is 6.58. The summed E-state index contributed by atoms with van der Waals surface area (Å²) in [5.41, 5.74) is 3.56. The summed E-state index contributed by atoms with van der Waals surface area (Å²) in [6, 6.07) is 10.3. The SMILES string of the molecule is CCNC(c1ccc(Cl)cc1Br)c1cc(Br)c(C)cc1Br. The molecule has 0 bridgehead atoms. The maximum absolute atomic E-state index is 6.05. The lowest BCUT2D eigenvalue weighted by Gasteiger charge is -2.22. The van der Waals surface area contributed by atoms with Crippen molar-refractivity contribution in [2.24, 2.45) is 0 Å². The summed E-state index contributed by atoms with van der Waals surface area (Å²) in [6.07, 6.45) is 0. The van der Waals surface area contributed by atoms with Crippen LogP contribution in [0.3, 0.4) is 0 Å². The summed E-state index contributed by atoms with van der Waals surface area (Å²) < 4.78 is 3.20. The maximum atomic E-state index is 6.05. The fourth-order valence-corrected chi connectivity index (χ4v) is 4.17. The van der Waals surface area contributed by atoms with E-state index in [4.69, 9.17) is 11.6 Å². The molecule has 0 spiro atoms. The number of benzene rings is 2. The van der Waals surface area contributed by atoms with Gasteiger partial charge in [-0.3, -0.25) is 0 Å². The normalized spacial score (nSPS) is 12.5. The van der Waals surface area contributed by atoms with E-state index >= 15 is 0 Å². The smallest absolute Gasteiger partial charge is 0.0599 e. The monoisotopic (exact) mass is 493 g/mol. The number of hydrogen-bond donors (Lipinski definition) is 1. The fourth-order valence-electron chi connectivity index (χ4n) is 2.21. The van der Waals surface area contributed by atoms with Gasteiger partial charge in [0, 0.05) is 18.4 Å². The summed E-state index contributed by atoms with van der Waals surface area (Å²) in [5, 5.41) is 4.27. The molecule has 0 saturated carbocycles. The largest absolute Gasteiger partial charge is 0.306 e. The average Bonchev–Trinajstić information content (AvgIpc) is 2.41. The van der Waals surface area contributed by atoms with E-state index < -0.39 is 0 Å². The van der Waals surface area contributed by atoms with Crippen LogP contribution in [0, 0.1) is 6.92 Å². The van der Waals surface area contributed by atoms with Crippen LogP contribution < -0.4 is 5.32 Å². The molecule has 0 fully saturated rings. The van der Waals surface area contributed by atoms with Gasteiger partial charge in [-0.2, -0.15) is 0 Å². The molecule has 0 aliphatic heterocycles. The third-order valence-corrected chi connectivity index (χ3v) is 5.73. The van der Waals surface area contributed by atoms with Gasteiger partial charge in [0.05, 0.1) is 6.04 Å². The molecule has 0 heterocycles. The van der Waals surface area contributed by atoms with Crippen LogP contribution in [0.5, 0.6) is 0 Å². The molecule has 0 saturated heterocycles. The number of hydrogen-bond acceptors (Lipinski definition) is 1. The van der Waals surface area contributed by atoms with Gasteiger partial charge in [-0.25, -0.2) is 0 Å². The van der Waals surface area contributed by atoms with E-state index in [2.05, 4.69) is 85.2 Å². The fraction of sp³-hybridized carbons (Fsp3) is 0.250. The molecular formula is C16H15Br3ClN. The van der Waals surface area contributed by atoms with Crippen molar-refractivity contribution >= 4 is 59.4 Å². The van der Waals surface area contributed by atoms with Gasteiger partial charge in [0.25, 0.3) is 0 Å². The molecule has 5 heteroatoms. The molecule has 0 aliphatic rings. The minimum absolute atomic E-state index is 0.0907. The van der Waals surface area contributed by atoms with Gasteiger partial charge in [0.2, 0.25) is 0 Å². The molecule has 1 nitrogen and oxygen atoms in total. The van der Waals surface area contributed by atoms with Crippen LogP contribution in [0.4, 0.5) is 0 Å². The van der Waals surface area contributed by atoms with E-state index in [1.165, 1.54) is 11.1 Å². The average molecular weight is 496 g/mol. The number of nitrogens with one attached hydrogen (secondary N) is 1. The van der Waals surface area contributed by atoms with Gasteiger partial charge in [-0.15, -0.1) is 0 Å². The molecule has 1 N–H and O–H groups in total. The first-order valence-corrected chi connectivity index (χ1v) is 9.33. The lowest BCUT2D eigenvalue weighted by atomic mass is 9.97. The Balaban J connectivity index is 2.55. The van der Waals surface area contributed by atoms with Crippen molar-refractivity contribution in [3.8, 4) is 0 Å². The molecule has 2 aromatic rings. The summed E-state index contributed by atoms with van der Waals surface area (Å²) in [7, 11) is 0. The van der Waals surface area contributed by atoms with Crippen molar-refractivity contribution in [3.05, 3.63) is 65.5 Å². The molecule has 2 aromatic carbocycles. The Labute approximate surface area is 155 Å². The molecule has 0 radical (unpaired) electrons. The molecule has 0 amide bonds. The molecule has 112 valence electrons. The highest BCUT2D eigenvalue weighted by atomic mass is 79.9. The van der Waals surface area contributed by atoms with Crippen LogP contribution >= 0.6 is 59.4 Å². The molecule has 1 atom stereocenters. The van der Waals surface area contributed by atoms with Gasteiger partial charge in [-0.05, 0) is 54.4 Å². The number of halogens is 4. The Bertz CT molecular complexity index is 658. The molecule has 0 aliphatic carbocycles. The molecular weight excluding hydrogens is 481 g/mol. The first-order chi connectivity index (χ1) is 9.93. The lowest BCUT2D eigenvalue weighted by Crippen LogP contribution is -2.23. The number of rotatable bonds is 4. The Kier molecular flexibility index (Phi) is 6.33. The Morgan fingerprint density at radius 3 is 2.29 bits per heavy atom. The van der Waals surface area contributed by atoms with Gasteiger partial charge < -0.3 is 5.32 Å². The second kappa shape index (κ2) is 7.60. The van der Waals surface area contributed by atoms with Gasteiger partial charge in [0.1, 0.15) is 0 Å².